The van der Waals surface area contributed by atoms with Gasteiger partial charge in [-0.3, -0.25) is 4.79 Å². The molecule has 0 aliphatic heterocycles. The first-order valence-corrected chi connectivity index (χ1v) is 8.53. The number of fused-ring (bicyclic) bond motifs is 1. The number of carbonyl (C=O) groups is 1. The van der Waals surface area contributed by atoms with Crippen LogP contribution in [-0.2, 0) is 0 Å². The van der Waals surface area contributed by atoms with E-state index in [1.807, 2.05) is 13.0 Å². The average Bonchev–Trinajstić information content (AvgIpc) is 3.37. The lowest BCUT2D eigenvalue weighted by Gasteiger charge is -2.11. The van der Waals surface area contributed by atoms with Gasteiger partial charge in [-0.1, -0.05) is 0 Å². The van der Waals surface area contributed by atoms with Gasteiger partial charge in [0, 0.05) is 17.8 Å². The molecule has 0 bridgehead atoms. The molecule has 0 saturated carbocycles. The Kier molecular flexibility index (Phi) is 4.44. The summed E-state index contributed by atoms with van der Waals surface area (Å²) in [4.78, 5) is 17.2. The Morgan fingerprint density at radius 1 is 1.14 bits per heavy atom. The highest BCUT2D eigenvalue weighted by atomic mass is 16.5. The van der Waals surface area contributed by atoms with Crippen LogP contribution in [0.2, 0.25) is 0 Å². The molecule has 8 heteroatoms. The van der Waals surface area contributed by atoms with Crippen molar-refractivity contribution < 1.29 is 18.7 Å². The zero-order valence-electron chi connectivity index (χ0n) is 15.6. The minimum Gasteiger partial charge on any atom is -0.497 e. The van der Waals surface area contributed by atoms with Crippen LogP contribution in [0.15, 0.2) is 53.1 Å². The summed E-state index contributed by atoms with van der Waals surface area (Å²) >= 11 is 0. The first kappa shape index (κ1) is 17.6. The molecule has 1 aromatic carbocycles. The van der Waals surface area contributed by atoms with Crippen molar-refractivity contribution in [3.05, 3.63) is 60.1 Å². The minimum absolute atomic E-state index is 0.272. The first-order valence-electron chi connectivity index (χ1n) is 8.53. The van der Waals surface area contributed by atoms with E-state index in [9.17, 15) is 4.79 Å². The molecule has 0 radical (unpaired) electrons. The molecule has 3 heterocycles. The fourth-order valence-corrected chi connectivity index (χ4v) is 2.87. The van der Waals surface area contributed by atoms with Crippen LogP contribution in [0, 0.1) is 6.92 Å². The van der Waals surface area contributed by atoms with Crippen molar-refractivity contribution in [1.82, 2.24) is 14.6 Å². The maximum atomic E-state index is 12.8. The summed E-state index contributed by atoms with van der Waals surface area (Å²) in [6, 6.07) is 12.2. The van der Waals surface area contributed by atoms with E-state index in [-0.39, 0.29) is 11.6 Å². The molecule has 0 aliphatic rings. The molecule has 8 nitrogen and oxygen atoms in total. The third-order valence-electron chi connectivity index (χ3n) is 4.27. The number of ether oxygens (including phenoxy) is 2. The number of amides is 1. The Morgan fingerprint density at radius 2 is 2.00 bits per heavy atom. The summed E-state index contributed by atoms with van der Waals surface area (Å²) in [5.74, 6) is 1.42. The van der Waals surface area contributed by atoms with Crippen LogP contribution in [0.25, 0.3) is 17.1 Å². The Hall–Kier alpha value is -3.81. The quantitative estimate of drug-likeness (QED) is 0.571. The van der Waals surface area contributed by atoms with Gasteiger partial charge in [-0.15, -0.1) is 0 Å². The molecule has 0 spiro atoms. The third-order valence-corrected chi connectivity index (χ3v) is 4.27. The molecule has 142 valence electrons. The van der Waals surface area contributed by atoms with E-state index in [2.05, 4.69) is 15.4 Å². The topological polar surface area (TPSA) is 90.9 Å². The summed E-state index contributed by atoms with van der Waals surface area (Å²) in [6.07, 6.45) is 1.58. The number of carbonyl (C=O) groups excluding carboxylic acids is 1. The van der Waals surface area contributed by atoms with Crippen molar-refractivity contribution in [3.8, 4) is 23.0 Å². The van der Waals surface area contributed by atoms with Crippen molar-refractivity contribution in [3.63, 3.8) is 0 Å². The number of nitrogens with zero attached hydrogens (tertiary/aromatic N) is 3. The van der Waals surface area contributed by atoms with Crippen LogP contribution >= 0.6 is 0 Å². The van der Waals surface area contributed by atoms with E-state index >= 15 is 0 Å². The van der Waals surface area contributed by atoms with Gasteiger partial charge in [0.1, 0.15) is 22.9 Å². The van der Waals surface area contributed by atoms with Crippen LogP contribution in [-0.4, -0.2) is 34.7 Å². The Labute approximate surface area is 160 Å². The number of aromatic nitrogens is 3. The maximum absolute atomic E-state index is 12.8. The minimum atomic E-state index is -0.352. The van der Waals surface area contributed by atoms with Crippen molar-refractivity contribution >= 4 is 17.2 Å². The van der Waals surface area contributed by atoms with Gasteiger partial charge in [0.05, 0.1) is 26.2 Å². The Balaban J connectivity index is 1.66. The molecule has 0 aliphatic carbocycles. The smallest absolute Gasteiger partial charge is 0.274 e. The zero-order valence-corrected chi connectivity index (χ0v) is 15.6. The highest BCUT2D eigenvalue weighted by Gasteiger charge is 2.16. The van der Waals surface area contributed by atoms with Crippen LogP contribution in [0.1, 0.15) is 16.2 Å². The van der Waals surface area contributed by atoms with Gasteiger partial charge >= 0.3 is 0 Å². The molecule has 1 amide bonds. The lowest BCUT2D eigenvalue weighted by atomic mass is 10.2. The highest BCUT2D eigenvalue weighted by Crippen LogP contribution is 2.29. The van der Waals surface area contributed by atoms with Gasteiger partial charge in [0.25, 0.3) is 5.91 Å². The molecule has 1 N–H and O–H groups in total. The summed E-state index contributed by atoms with van der Waals surface area (Å²) in [6.45, 7) is 1.86. The van der Waals surface area contributed by atoms with Crippen LogP contribution < -0.4 is 14.8 Å². The number of nitrogens with one attached hydrogen (secondary N) is 1. The number of aryl methyl sites for hydroxylation is 1. The molecule has 3 aromatic heterocycles. The Morgan fingerprint density at radius 3 is 2.71 bits per heavy atom. The van der Waals surface area contributed by atoms with Gasteiger partial charge in [-0.2, -0.15) is 5.10 Å². The second kappa shape index (κ2) is 7.07. The summed E-state index contributed by atoms with van der Waals surface area (Å²) < 4.78 is 17.6. The second-order valence-corrected chi connectivity index (χ2v) is 6.08. The molecule has 4 rings (SSSR count). The van der Waals surface area contributed by atoms with Gasteiger partial charge in [-0.05, 0) is 37.3 Å². The summed E-state index contributed by atoms with van der Waals surface area (Å²) in [5, 5.41) is 7.31. The monoisotopic (exact) mass is 378 g/mol. The van der Waals surface area contributed by atoms with Gasteiger partial charge in [0.2, 0.25) is 0 Å². The van der Waals surface area contributed by atoms with Crippen molar-refractivity contribution in [2.24, 2.45) is 0 Å². The third kappa shape index (κ3) is 3.16. The van der Waals surface area contributed by atoms with E-state index in [1.54, 1.807) is 54.3 Å². The standard InChI is InChI=1S/C20H18N4O4/c1-12-9-16(20(25)22-14-7-6-13(26-2)10-18(14)27-3)21-19-11-15(23-24(12)19)17-5-4-8-28-17/h4-11H,1-3H3,(H,22,25). The Bertz CT molecular complexity index is 1150. The second-order valence-electron chi connectivity index (χ2n) is 6.08. The van der Waals surface area contributed by atoms with Crippen molar-refractivity contribution in [2.45, 2.75) is 6.92 Å². The van der Waals surface area contributed by atoms with E-state index in [4.69, 9.17) is 13.9 Å². The fraction of sp³-hybridized carbons (Fsp3) is 0.150. The van der Waals surface area contributed by atoms with E-state index < -0.39 is 0 Å². The van der Waals surface area contributed by atoms with E-state index in [0.717, 1.165) is 5.69 Å². The normalized spacial score (nSPS) is 10.8. The fourth-order valence-electron chi connectivity index (χ4n) is 2.87. The molecular weight excluding hydrogens is 360 g/mol. The number of benzene rings is 1. The molecule has 0 unspecified atom stereocenters. The SMILES string of the molecule is COc1ccc(NC(=O)c2cc(C)n3nc(-c4ccco4)cc3n2)c(OC)c1. The molecule has 28 heavy (non-hydrogen) atoms. The van der Waals surface area contributed by atoms with Crippen LogP contribution in [0.3, 0.4) is 0 Å². The average molecular weight is 378 g/mol. The van der Waals surface area contributed by atoms with Gasteiger partial charge < -0.3 is 19.2 Å². The van der Waals surface area contributed by atoms with E-state index in [0.29, 0.717) is 34.3 Å². The maximum Gasteiger partial charge on any atom is 0.274 e. The number of anilines is 1. The summed E-state index contributed by atoms with van der Waals surface area (Å²) in [7, 11) is 3.10. The lowest BCUT2D eigenvalue weighted by Crippen LogP contribution is -2.15. The van der Waals surface area contributed by atoms with Crippen molar-refractivity contribution in [2.75, 3.05) is 19.5 Å². The molecule has 0 atom stereocenters. The lowest BCUT2D eigenvalue weighted by molar-refractivity contribution is 0.102. The number of hydrogen-bond acceptors (Lipinski definition) is 6. The largest absolute Gasteiger partial charge is 0.497 e. The molecule has 0 fully saturated rings. The molecular formula is C20H18N4O4. The zero-order chi connectivity index (χ0) is 19.7. The van der Waals surface area contributed by atoms with Crippen LogP contribution in [0.4, 0.5) is 5.69 Å². The van der Waals surface area contributed by atoms with E-state index in [1.165, 1.54) is 7.11 Å². The predicted molar refractivity (Wildman–Crippen MR) is 103 cm³/mol. The molecule has 4 aromatic rings. The molecule has 0 saturated heterocycles. The summed E-state index contributed by atoms with van der Waals surface area (Å²) in [5.41, 5.74) is 2.77. The predicted octanol–water partition coefficient (Wildman–Crippen LogP) is 3.57. The van der Waals surface area contributed by atoms with Gasteiger partial charge in [-0.25, -0.2) is 9.50 Å². The highest BCUT2D eigenvalue weighted by molar-refractivity contribution is 6.04. The van der Waals surface area contributed by atoms with Gasteiger partial charge in [0.15, 0.2) is 11.4 Å². The van der Waals surface area contributed by atoms with Crippen molar-refractivity contribution in [1.29, 1.82) is 0 Å². The number of hydrogen-bond donors (Lipinski definition) is 1. The number of rotatable bonds is 5. The van der Waals surface area contributed by atoms with Crippen LogP contribution in [0.5, 0.6) is 11.5 Å². The first-order chi connectivity index (χ1) is 13.6. The number of furan rings is 1. The number of methoxy groups -OCH3 is 2.